The summed E-state index contributed by atoms with van der Waals surface area (Å²) in [7, 11) is 0. The summed E-state index contributed by atoms with van der Waals surface area (Å²) >= 11 is 1.90. The lowest BCUT2D eigenvalue weighted by molar-refractivity contribution is 0.278. The van der Waals surface area contributed by atoms with Crippen molar-refractivity contribution in [2.75, 3.05) is 12.4 Å². The Morgan fingerprint density at radius 2 is 2.50 bits per heavy atom. The molecule has 1 aromatic rings. The molecule has 0 aromatic carbocycles. The molecule has 4 nitrogen and oxygen atoms in total. The van der Waals surface area contributed by atoms with E-state index in [1.54, 1.807) is 0 Å². The minimum Gasteiger partial charge on any atom is -0.396 e. The summed E-state index contributed by atoms with van der Waals surface area (Å²) < 4.78 is 5.09. The third kappa shape index (κ3) is 2.27. The minimum absolute atomic E-state index is 0.176. The maximum atomic E-state index is 8.65. The standard InChI is InChI=1S/C9H14N2O2S/c12-5-1-4-8-10-9(11-13-8)7-3-2-6-14-7/h7,12H,1-6H2. The predicted molar refractivity (Wildman–Crippen MR) is 54.1 cm³/mol. The SMILES string of the molecule is OCCCc1nc(C2CCCS2)no1. The second-order valence-corrected chi connectivity index (χ2v) is 4.69. The third-order valence-corrected chi connectivity index (χ3v) is 3.62. The molecule has 0 amide bonds. The first-order chi connectivity index (χ1) is 6.90. The molecule has 1 fully saturated rings. The summed E-state index contributed by atoms with van der Waals surface area (Å²) in [5, 5.41) is 13.0. The van der Waals surface area contributed by atoms with Crippen molar-refractivity contribution < 1.29 is 9.63 Å². The highest BCUT2D eigenvalue weighted by atomic mass is 32.2. The summed E-state index contributed by atoms with van der Waals surface area (Å²) in [6.07, 6.45) is 3.78. The van der Waals surface area contributed by atoms with E-state index in [1.807, 2.05) is 11.8 Å². The van der Waals surface area contributed by atoms with E-state index >= 15 is 0 Å². The molecule has 1 N–H and O–H groups in total. The Hall–Kier alpha value is -0.550. The fourth-order valence-electron chi connectivity index (χ4n) is 1.51. The maximum absolute atomic E-state index is 8.65. The third-order valence-electron chi connectivity index (χ3n) is 2.25. The van der Waals surface area contributed by atoms with Crippen LogP contribution in [-0.2, 0) is 6.42 Å². The molecular weight excluding hydrogens is 200 g/mol. The topological polar surface area (TPSA) is 59.2 Å². The molecular formula is C9H14N2O2S. The highest BCUT2D eigenvalue weighted by Gasteiger charge is 2.22. The van der Waals surface area contributed by atoms with Gasteiger partial charge in [0, 0.05) is 13.0 Å². The average Bonchev–Trinajstić information content (AvgIpc) is 2.85. The second kappa shape index (κ2) is 4.79. The minimum atomic E-state index is 0.176. The van der Waals surface area contributed by atoms with Gasteiger partial charge in [-0.3, -0.25) is 0 Å². The van der Waals surface area contributed by atoms with Gasteiger partial charge < -0.3 is 9.63 Å². The molecule has 1 unspecified atom stereocenters. The van der Waals surface area contributed by atoms with Crippen LogP contribution in [0.3, 0.4) is 0 Å². The lowest BCUT2D eigenvalue weighted by atomic mass is 10.2. The van der Waals surface area contributed by atoms with Crippen molar-refractivity contribution in [1.29, 1.82) is 0 Å². The molecule has 0 spiro atoms. The summed E-state index contributed by atoms with van der Waals surface area (Å²) in [6.45, 7) is 0.176. The molecule has 0 aliphatic carbocycles. The second-order valence-electron chi connectivity index (χ2n) is 3.38. The van der Waals surface area contributed by atoms with Gasteiger partial charge in [-0.1, -0.05) is 5.16 Å². The van der Waals surface area contributed by atoms with Crippen LogP contribution >= 0.6 is 11.8 Å². The number of thioether (sulfide) groups is 1. The molecule has 2 rings (SSSR count). The van der Waals surface area contributed by atoms with E-state index in [-0.39, 0.29) is 6.61 Å². The Balaban J connectivity index is 1.94. The van der Waals surface area contributed by atoms with E-state index in [9.17, 15) is 0 Å². The number of aliphatic hydroxyl groups is 1. The van der Waals surface area contributed by atoms with Crippen LogP contribution in [0, 0.1) is 0 Å². The maximum Gasteiger partial charge on any atom is 0.226 e. The number of aryl methyl sites for hydroxylation is 1. The largest absolute Gasteiger partial charge is 0.396 e. The zero-order chi connectivity index (χ0) is 9.80. The van der Waals surface area contributed by atoms with E-state index in [0.29, 0.717) is 24.0 Å². The Morgan fingerprint density at radius 1 is 1.57 bits per heavy atom. The normalized spacial score (nSPS) is 21.6. The fraction of sp³-hybridized carbons (Fsp3) is 0.778. The van der Waals surface area contributed by atoms with Crippen LogP contribution in [0.25, 0.3) is 0 Å². The van der Waals surface area contributed by atoms with Gasteiger partial charge in [0.15, 0.2) is 5.82 Å². The van der Waals surface area contributed by atoms with Gasteiger partial charge in [-0.25, -0.2) is 0 Å². The van der Waals surface area contributed by atoms with Crippen LogP contribution in [0.2, 0.25) is 0 Å². The van der Waals surface area contributed by atoms with Crippen molar-refractivity contribution >= 4 is 11.8 Å². The molecule has 5 heteroatoms. The quantitative estimate of drug-likeness (QED) is 0.824. The van der Waals surface area contributed by atoms with Gasteiger partial charge in [0.1, 0.15) is 0 Å². The van der Waals surface area contributed by atoms with Gasteiger partial charge in [0.2, 0.25) is 5.89 Å². The molecule has 1 aliphatic rings. The summed E-state index contributed by atoms with van der Waals surface area (Å²) in [4.78, 5) is 4.32. The van der Waals surface area contributed by atoms with Crippen molar-refractivity contribution in [3.8, 4) is 0 Å². The van der Waals surface area contributed by atoms with Gasteiger partial charge in [-0.05, 0) is 25.0 Å². The Bertz CT molecular complexity index is 284. The van der Waals surface area contributed by atoms with Crippen LogP contribution in [0.5, 0.6) is 0 Å². The lowest BCUT2D eigenvalue weighted by Crippen LogP contribution is -1.93. The number of aromatic nitrogens is 2. The van der Waals surface area contributed by atoms with Gasteiger partial charge in [-0.2, -0.15) is 16.7 Å². The lowest BCUT2D eigenvalue weighted by Gasteiger charge is -1.98. The van der Waals surface area contributed by atoms with Gasteiger partial charge in [0.05, 0.1) is 5.25 Å². The van der Waals surface area contributed by atoms with Crippen molar-refractivity contribution in [3.63, 3.8) is 0 Å². The Morgan fingerprint density at radius 3 is 3.21 bits per heavy atom. The zero-order valence-electron chi connectivity index (χ0n) is 7.98. The highest BCUT2D eigenvalue weighted by molar-refractivity contribution is 7.99. The van der Waals surface area contributed by atoms with Crippen LogP contribution < -0.4 is 0 Å². The molecule has 78 valence electrons. The summed E-state index contributed by atoms with van der Waals surface area (Å²) in [6, 6.07) is 0. The van der Waals surface area contributed by atoms with Crippen molar-refractivity contribution in [3.05, 3.63) is 11.7 Å². The molecule has 1 aromatic heterocycles. The Labute approximate surface area is 87.1 Å². The Kier molecular flexibility index (Phi) is 3.42. The summed E-state index contributed by atoms with van der Waals surface area (Å²) in [5.41, 5.74) is 0. The van der Waals surface area contributed by atoms with Crippen LogP contribution in [0.1, 0.15) is 36.2 Å². The van der Waals surface area contributed by atoms with E-state index in [1.165, 1.54) is 12.2 Å². The molecule has 0 radical (unpaired) electrons. The number of aliphatic hydroxyl groups excluding tert-OH is 1. The van der Waals surface area contributed by atoms with Crippen molar-refractivity contribution in [1.82, 2.24) is 10.1 Å². The van der Waals surface area contributed by atoms with Gasteiger partial charge in [-0.15, -0.1) is 0 Å². The average molecular weight is 214 g/mol. The molecule has 0 bridgehead atoms. The zero-order valence-corrected chi connectivity index (χ0v) is 8.79. The first-order valence-corrected chi connectivity index (χ1v) is 6.00. The van der Waals surface area contributed by atoms with Gasteiger partial charge >= 0.3 is 0 Å². The first kappa shape index (κ1) is 9.98. The predicted octanol–water partition coefficient (Wildman–Crippen LogP) is 1.56. The smallest absolute Gasteiger partial charge is 0.226 e. The van der Waals surface area contributed by atoms with Crippen molar-refractivity contribution in [2.24, 2.45) is 0 Å². The van der Waals surface area contributed by atoms with Crippen LogP contribution in [-0.4, -0.2) is 27.6 Å². The number of hydrogen-bond acceptors (Lipinski definition) is 5. The van der Waals surface area contributed by atoms with E-state index in [2.05, 4.69) is 10.1 Å². The summed E-state index contributed by atoms with van der Waals surface area (Å²) in [5.74, 6) is 2.69. The highest BCUT2D eigenvalue weighted by Crippen LogP contribution is 2.38. The van der Waals surface area contributed by atoms with Crippen LogP contribution in [0.15, 0.2) is 4.52 Å². The molecule has 1 aliphatic heterocycles. The van der Waals surface area contributed by atoms with Crippen molar-refractivity contribution in [2.45, 2.75) is 30.9 Å². The van der Waals surface area contributed by atoms with Gasteiger partial charge in [0.25, 0.3) is 0 Å². The number of nitrogens with zero attached hydrogens (tertiary/aromatic N) is 2. The molecule has 2 heterocycles. The molecule has 14 heavy (non-hydrogen) atoms. The number of rotatable bonds is 4. The van der Waals surface area contributed by atoms with Crippen LogP contribution in [0.4, 0.5) is 0 Å². The first-order valence-electron chi connectivity index (χ1n) is 4.95. The number of hydrogen-bond donors (Lipinski definition) is 1. The van der Waals surface area contributed by atoms with E-state index < -0.39 is 0 Å². The van der Waals surface area contributed by atoms with E-state index in [4.69, 9.17) is 9.63 Å². The molecule has 0 saturated carbocycles. The van der Waals surface area contributed by atoms with E-state index in [0.717, 1.165) is 12.2 Å². The fourth-order valence-corrected chi connectivity index (χ4v) is 2.71. The molecule has 1 saturated heterocycles. The molecule has 1 atom stereocenters. The monoisotopic (exact) mass is 214 g/mol.